The Morgan fingerprint density at radius 2 is 1.81 bits per heavy atom. The van der Waals surface area contributed by atoms with E-state index in [2.05, 4.69) is 0 Å². The molecule has 2 aromatic carbocycles. The number of thioether (sulfide) groups is 1. The molecule has 0 saturated carbocycles. The summed E-state index contributed by atoms with van der Waals surface area (Å²) in [7, 11) is 0. The molecule has 2 rings (SSSR count). The fourth-order valence-corrected chi connectivity index (χ4v) is 2.61. The summed E-state index contributed by atoms with van der Waals surface area (Å²) >= 11 is 1.24. The van der Waals surface area contributed by atoms with Crippen LogP contribution in [0.2, 0.25) is 0 Å². The SMILES string of the molecule is NCCc1ccc(OCCSc2cc(F)ccc2F)cc1. The molecule has 0 aromatic heterocycles. The highest BCUT2D eigenvalue weighted by molar-refractivity contribution is 7.99. The minimum atomic E-state index is -0.435. The van der Waals surface area contributed by atoms with Gasteiger partial charge < -0.3 is 10.5 Å². The first-order chi connectivity index (χ1) is 10.2. The topological polar surface area (TPSA) is 35.2 Å². The summed E-state index contributed by atoms with van der Waals surface area (Å²) in [5.41, 5.74) is 6.65. The monoisotopic (exact) mass is 309 g/mol. The van der Waals surface area contributed by atoms with Crippen molar-refractivity contribution in [3.8, 4) is 5.75 Å². The molecule has 0 aliphatic rings. The van der Waals surface area contributed by atoms with Crippen molar-refractivity contribution < 1.29 is 13.5 Å². The lowest BCUT2D eigenvalue weighted by Gasteiger charge is -2.07. The molecule has 5 heteroatoms. The van der Waals surface area contributed by atoms with Crippen LogP contribution in [0.15, 0.2) is 47.4 Å². The van der Waals surface area contributed by atoms with E-state index in [4.69, 9.17) is 10.5 Å². The first kappa shape index (κ1) is 15.8. The molecule has 0 radical (unpaired) electrons. The summed E-state index contributed by atoms with van der Waals surface area (Å²) in [5, 5.41) is 0. The number of rotatable bonds is 7. The molecule has 0 aliphatic carbocycles. The van der Waals surface area contributed by atoms with E-state index in [1.54, 1.807) is 0 Å². The zero-order chi connectivity index (χ0) is 15.1. The highest BCUT2D eigenvalue weighted by Gasteiger charge is 2.04. The van der Waals surface area contributed by atoms with Gasteiger partial charge in [-0.2, -0.15) is 0 Å². The highest BCUT2D eigenvalue weighted by atomic mass is 32.2. The van der Waals surface area contributed by atoms with E-state index < -0.39 is 11.6 Å². The molecule has 0 amide bonds. The summed E-state index contributed by atoms with van der Waals surface area (Å²) in [6.07, 6.45) is 0.842. The van der Waals surface area contributed by atoms with E-state index in [0.717, 1.165) is 24.3 Å². The Kier molecular flexibility index (Phi) is 6.02. The third-order valence-corrected chi connectivity index (χ3v) is 3.85. The van der Waals surface area contributed by atoms with Gasteiger partial charge in [0, 0.05) is 10.6 Å². The van der Waals surface area contributed by atoms with Crippen molar-refractivity contribution in [1.29, 1.82) is 0 Å². The van der Waals surface area contributed by atoms with Crippen LogP contribution in [-0.2, 0) is 6.42 Å². The molecule has 0 bridgehead atoms. The van der Waals surface area contributed by atoms with Gasteiger partial charge in [-0.05, 0) is 48.9 Å². The molecule has 0 saturated heterocycles. The number of ether oxygens (including phenoxy) is 1. The van der Waals surface area contributed by atoms with Crippen molar-refractivity contribution >= 4 is 11.8 Å². The smallest absolute Gasteiger partial charge is 0.136 e. The molecular weight excluding hydrogens is 292 g/mol. The highest BCUT2D eigenvalue weighted by Crippen LogP contribution is 2.22. The van der Waals surface area contributed by atoms with Gasteiger partial charge in [-0.1, -0.05) is 12.1 Å². The number of hydrogen-bond acceptors (Lipinski definition) is 3. The Labute approximate surface area is 127 Å². The largest absolute Gasteiger partial charge is 0.493 e. The summed E-state index contributed by atoms with van der Waals surface area (Å²) in [4.78, 5) is 0.303. The van der Waals surface area contributed by atoms with E-state index in [1.807, 2.05) is 24.3 Å². The molecule has 0 atom stereocenters. The molecule has 2 aromatic rings. The third kappa shape index (κ3) is 5.02. The molecule has 2 nitrogen and oxygen atoms in total. The average molecular weight is 309 g/mol. The number of halogens is 2. The lowest BCUT2D eigenvalue weighted by molar-refractivity contribution is 0.344. The lowest BCUT2D eigenvalue weighted by atomic mass is 10.1. The van der Waals surface area contributed by atoms with Gasteiger partial charge in [-0.15, -0.1) is 11.8 Å². The van der Waals surface area contributed by atoms with Gasteiger partial charge in [0.1, 0.15) is 17.4 Å². The van der Waals surface area contributed by atoms with Crippen molar-refractivity contribution in [2.24, 2.45) is 5.73 Å². The fraction of sp³-hybridized carbons (Fsp3) is 0.250. The summed E-state index contributed by atoms with van der Waals surface area (Å²) in [5.74, 6) is 0.462. The zero-order valence-electron chi connectivity index (χ0n) is 11.5. The Balaban J connectivity index is 1.77. The normalized spacial score (nSPS) is 10.6. The zero-order valence-corrected chi connectivity index (χ0v) is 12.3. The molecule has 2 N–H and O–H groups in total. The minimum Gasteiger partial charge on any atom is -0.493 e. The van der Waals surface area contributed by atoms with Crippen molar-refractivity contribution in [3.05, 3.63) is 59.7 Å². The first-order valence-corrected chi connectivity index (χ1v) is 7.67. The molecule has 0 spiro atoms. The van der Waals surface area contributed by atoms with Crippen LogP contribution >= 0.6 is 11.8 Å². The number of benzene rings is 2. The van der Waals surface area contributed by atoms with Crippen LogP contribution < -0.4 is 10.5 Å². The van der Waals surface area contributed by atoms with Crippen LogP contribution in [0, 0.1) is 11.6 Å². The van der Waals surface area contributed by atoms with Crippen molar-refractivity contribution in [3.63, 3.8) is 0 Å². The van der Waals surface area contributed by atoms with E-state index >= 15 is 0 Å². The van der Waals surface area contributed by atoms with Crippen LogP contribution in [0.25, 0.3) is 0 Å². The fourth-order valence-electron chi connectivity index (χ4n) is 1.82. The van der Waals surface area contributed by atoms with Gasteiger partial charge in [-0.3, -0.25) is 0 Å². The molecule has 0 fully saturated rings. The van der Waals surface area contributed by atoms with Gasteiger partial charge in [0.15, 0.2) is 0 Å². The second-order valence-electron chi connectivity index (χ2n) is 4.45. The van der Waals surface area contributed by atoms with Crippen molar-refractivity contribution in [1.82, 2.24) is 0 Å². The van der Waals surface area contributed by atoms with Crippen LogP contribution in [0.5, 0.6) is 5.75 Å². The van der Waals surface area contributed by atoms with Gasteiger partial charge in [0.05, 0.1) is 6.61 Å². The minimum absolute atomic E-state index is 0.303. The van der Waals surface area contributed by atoms with E-state index in [1.165, 1.54) is 23.4 Å². The lowest BCUT2D eigenvalue weighted by Crippen LogP contribution is -2.03. The van der Waals surface area contributed by atoms with Crippen molar-refractivity contribution in [2.75, 3.05) is 18.9 Å². The summed E-state index contributed by atoms with van der Waals surface area (Å²) < 4.78 is 32.0. The maximum Gasteiger partial charge on any atom is 0.136 e. The second-order valence-corrected chi connectivity index (χ2v) is 5.59. The standard InChI is InChI=1S/C16H17F2NOS/c17-13-3-6-15(18)16(11-13)21-10-9-20-14-4-1-12(2-5-14)7-8-19/h1-6,11H,7-10,19H2. The molecule has 0 aliphatic heterocycles. The molecule has 0 unspecified atom stereocenters. The molecule has 112 valence electrons. The average Bonchev–Trinajstić information content (AvgIpc) is 2.49. The van der Waals surface area contributed by atoms with Crippen LogP contribution in [0.3, 0.4) is 0 Å². The van der Waals surface area contributed by atoms with Crippen LogP contribution in [0.4, 0.5) is 8.78 Å². The Morgan fingerprint density at radius 3 is 2.52 bits per heavy atom. The molecule has 21 heavy (non-hydrogen) atoms. The van der Waals surface area contributed by atoms with E-state index in [9.17, 15) is 8.78 Å². The molecular formula is C16H17F2NOS. The predicted molar refractivity (Wildman–Crippen MR) is 81.8 cm³/mol. The van der Waals surface area contributed by atoms with Crippen LogP contribution in [0.1, 0.15) is 5.56 Å². The second kappa shape index (κ2) is 8.00. The van der Waals surface area contributed by atoms with E-state index in [0.29, 0.717) is 23.8 Å². The van der Waals surface area contributed by atoms with Crippen molar-refractivity contribution in [2.45, 2.75) is 11.3 Å². The molecule has 0 heterocycles. The first-order valence-electron chi connectivity index (χ1n) is 6.68. The van der Waals surface area contributed by atoms with Gasteiger partial charge in [-0.25, -0.2) is 8.78 Å². The number of hydrogen-bond donors (Lipinski definition) is 1. The Bertz CT molecular complexity index is 575. The van der Waals surface area contributed by atoms with Gasteiger partial charge in [0.2, 0.25) is 0 Å². The maximum absolute atomic E-state index is 13.4. The van der Waals surface area contributed by atoms with E-state index in [-0.39, 0.29) is 0 Å². The Morgan fingerprint density at radius 1 is 1.05 bits per heavy atom. The summed E-state index contributed by atoms with van der Waals surface area (Å²) in [6.45, 7) is 1.05. The van der Waals surface area contributed by atoms with Gasteiger partial charge in [0.25, 0.3) is 0 Å². The van der Waals surface area contributed by atoms with Gasteiger partial charge >= 0.3 is 0 Å². The number of nitrogens with two attached hydrogens (primary N) is 1. The predicted octanol–water partition coefficient (Wildman–Crippen LogP) is 3.64. The van der Waals surface area contributed by atoms with Crippen LogP contribution in [-0.4, -0.2) is 18.9 Å². The quantitative estimate of drug-likeness (QED) is 0.626. The maximum atomic E-state index is 13.4. The Hall–Kier alpha value is -1.59. The third-order valence-electron chi connectivity index (χ3n) is 2.86. The summed E-state index contributed by atoms with van der Waals surface area (Å²) in [6, 6.07) is 11.2.